The Morgan fingerprint density at radius 1 is 0.891 bits per heavy atom. The molecule has 3 aromatic carbocycles. The Hall–Kier alpha value is -3.36. The van der Waals surface area contributed by atoms with Crippen LogP contribution in [0, 0.1) is 5.92 Å². The Balaban J connectivity index is 0.00000240. The number of aryl methyl sites for hydroxylation is 1. The lowest BCUT2D eigenvalue weighted by Crippen LogP contribution is -2.49. The van der Waals surface area contributed by atoms with E-state index in [9.17, 15) is 4.79 Å². The Morgan fingerprint density at radius 2 is 1.61 bits per heavy atom. The summed E-state index contributed by atoms with van der Waals surface area (Å²) in [5.74, 6) is 1.34. The second kappa shape index (κ2) is 17.0. The zero-order valence-corrected chi connectivity index (χ0v) is 27.8. The van der Waals surface area contributed by atoms with Gasteiger partial charge in [0.15, 0.2) is 0 Å². The molecule has 0 radical (unpaired) electrons. The molecular weight excluding hydrogens is 623 g/mol. The van der Waals surface area contributed by atoms with Gasteiger partial charge in [0.25, 0.3) is 0 Å². The van der Waals surface area contributed by atoms with Crippen LogP contribution in [-0.4, -0.2) is 52.9 Å². The fraction of sp³-hybridized carbons (Fsp3) is 0.405. The number of carboxylic acids is 1. The maximum absolute atomic E-state index is 10.8. The Labute approximate surface area is 284 Å². The van der Waals surface area contributed by atoms with E-state index in [2.05, 4.69) is 46.3 Å². The highest BCUT2D eigenvalue weighted by Crippen LogP contribution is 2.39. The molecule has 7 nitrogen and oxygen atoms in total. The average molecular weight is 668 g/mol. The summed E-state index contributed by atoms with van der Waals surface area (Å²) in [6.45, 7) is 5.10. The highest BCUT2D eigenvalue weighted by Gasteiger charge is 2.40. The number of hydrogen-bond acceptors (Lipinski definition) is 6. The molecule has 0 bridgehead atoms. The Kier molecular flexibility index (Phi) is 13.1. The largest absolute Gasteiger partial charge is 0.489 e. The van der Waals surface area contributed by atoms with Crippen molar-refractivity contribution in [3.8, 4) is 11.6 Å². The SMILES string of the molecule is Cl.Cl.O=C(O)CCc1ccc(OCc2ccc(CN3CCC4(CC3)CC(CCOc3ccc5ccccc5n3)CCO4)cc2)cc1. The minimum Gasteiger partial charge on any atom is -0.489 e. The van der Waals surface area contributed by atoms with Crippen molar-refractivity contribution in [1.82, 2.24) is 9.88 Å². The number of likely N-dealkylation sites (tertiary alicyclic amines) is 1. The van der Waals surface area contributed by atoms with Crippen LogP contribution in [0.3, 0.4) is 0 Å². The van der Waals surface area contributed by atoms with Crippen molar-refractivity contribution in [1.29, 1.82) is 0 Å². The molecule has 1 atom stereocenters. The van der Waals surface area contributed by atoms with Gasteiger partial charge < -0.3 is 19.3 Å². The number of benzene rings is 3. The van der Waals surface area contributed by atoms with E-state index in [1.165, 1.54) is 5.56 Å². The number of aliphatic carboxylic acids is 1. The van der Waals surface area contributed by atoms with Crippen molar-refractivity contribution in [2.24, 2.45) is 5.92 Å². The summed E-state index contributed by atoms with van der Waals surface area (Å²) in [7, 11) is 0. The summed E-state index contributed by atoms with van der Waals surface area (Å²) in [5, 5.41) is 9.98. The molecule has 2 aliphatic rings. The molecule has 1 aromatic heterocycles. The van der Waals surface area contributed by atoms with Gasteiger partial charge in [-0.2, -0.15) is 0 Å². The molecule has 2 saturated heterocycles. The number of hydrogen-bond donors (Lipinski definition) is 1. The molecule has 0 saturated carbocycles. The van der Waals surface area contributed by atoms with E-state index in [0.29, 0.717) is 31.4 Å². The van der Waals surface area contributed by atoms with Crippen molar-refractivity contribution in [3.63, 3.8) is 0 Å². The van der Waals surface area contributed by atoms with Gasteiger partial charge in [0, 0.05) is 44.1 Å². The minimum atomic E-state index is -0.779. The first-order valence-corrected chi connectivity index (χ1v) is 15.9. The fourth-order valence-corrected chi connectivity index (χ4v) is 6.47. The Morgan fingerprint density at radius 3 is 2.37 bits per heavy atom. The molecule has 46 heavy (non-hydrogen) atoms. The number of fused-ring (bicyclic) bond motifs is 1. The smallest absolute Gasteiger partial charge is 0.303 e. The van der Waals surface area contributed by atoms with E-state index in [1.807, 2.05) is 48.5 Å². The fourth-order valence-electron chi connectivity index (χ4n) is 6.47. The first-order chi connectivity index (χ1) is 21.5. The van der Waals surface area contributed by atoms with Crippen molar-refractivity contribution in [2.75, 3.05) is 26.3 Å². The van der Waals surface area contributed by atoms with Crippen LogP contribution in [-0.2, 0) is 29.1 Å². The number of rotatable bonds is 12. The van der Waals surface area contributed by atoms with Crippen molar-refractivity contribution in [2.45, 2.75) is 63.7 Å². The van der Waals surface area contributed by atoms with Crippen molar-refractivity contribution < 1.29 is 24.1 Å². The zero-order chi connectivity index (χ0) is 30.2. The molecule has 0 amide bonds. The van der Waals surface area contributed by atoms with E-state index in [4.69, 9.17) is 19.3 Å². The van der Waals surface area contributed by atoms with Crippen LogP contribution in [0.25, 0.3) is 10.9 Å². The quantitative estimate of drug-likeness (QED) is 0.165. The number of carbonyl (C=O) groups is 1. The summed E-state index contributed by atoms with van der Waals surface area (Å²) >= 11 is 0. The molecule has 246 valence electrons. The molecule has 9 heteroatoms. The van der Waals surface area contributed by atoms with Crippen LogP contribution in [0.2, 0.25) is 0 Å². The van der Waals surface area contributed by atoms with Gasteiger partial charge in [0.1, 0.15) is 12.4 Å². The number of ether oxygens (including phenoxy) is 3. The average Bonchev–Trinajstić information content (AvgIpc) is 3.05. The highest BCUT2D eigenvalue weighted by molar-refractivity contribution is 5.85. The molecule has 6 rings (SSSR count). The lowest BCUT2D eigenvalue weighted by Gasteiger charge is -2.46. The lowest BCUT2D eigenvalue weighted by molar-refractivity contribution is -0.137. The number of carboxylic acid groups (broad SMARTS) is 1. The van der Waals surface area contributed by atoms with Gasteiger partial charge in [-0.05, 0) is 85.4 Å². The van der Waals surface area contributed by atoms with E-state index < -0.39 is 5.97 Å². The first-order valence-electron chi connectivity index (χ1n) is 15.9. The molecule has 4 aromatic rings. The van der Waals surface area contributed by atoms with Crippen LogP contribution in [0.1, 0.15) is 55.2 Å². The second-order valence-corrected chi connectivity index (χ2v) is 12.3. The normalized spacial score (nSPS) is 17.5. The monoisotopic (exact) mass is 666 g/mol. The summed E-state index contributed by atoms with van der Waals surface area (Å²) in [6, 6.07) is 28.6. The van der Waals surface area contributed by atoms with Crippen LogP contribution in [0.4, 0.5) is 0 Å². The maximum atomic E-state index is 10.8. The third-order valence-electron chi connectivity index (χ3n) is 9.10. The number of piperidine rings is 1. The number of pyridine rings is 1. The van der Waals surface area contributed by atoms with Gasteiger partial charge in [-0.1, -0.05) is 54.6 Å². The van der Waals surface area contributed by atoms with Gasteiger partial charge in [-0.15, -0.1) is 24.8 Å². The lowest BCUT2D eigenvalue weighted by atomic mass is 9.78. The van der Waals surface area contributed by atoms with Gasteiger partial charge in [-0.3, -0.25) is 9.69 Å². The van der Waals surface area contributed by atoms with Gasteiger partial charge >= 0.3 is 5.97 Å². The zero-order valence-electron chi connectivity index (χ0n) is 26.1. The molecule has 1 unspecified atom stereocenters. The molecular formula is C37H44Cl2N2O5. The first kappa shape index (κ1) is 35.5. The third kappa shape index (κ3) is 9.82. The predicted octanol–water partition coefficient (Wildman–Crippen LogP) is 7.90. The van der Waals surface area contributed by atoms with Crippen molar-refractivity contribution in [3.05, 3.63) is 102 Å². The second-order valence-electron chi connectivity index (χ2n) is 12.3. The van der Waals surface area contributed by atoms with Crippen LogP contribution in [0.5, 0.6) is 11.6 Å². The van der Waals surface area contributed by atoms with E-state index in [-0.39, 0.29) is 36.8 Å². The number of aromatic nitrogens is 1. The summed E-state index contributed by atoms with van der Waals surface area (Å²) in [5.41, 5.74) is 4.43. The molecule has 2 aliphatic heterocycles. The van der Waals surface area contributed by atoms with Gasteiger partial charge in [0.2, 0.25) is 5.88 Å². The van der Waals surface area contributed by atoms with Gasteiger partial charge in [-0.25, -0.2) is 4.98 Å². The molecule has 3 heterocycles. The number of para-hydroxylation sites is 1. The van der Waals surface area contributed by atoms with Crippen LogP contribution >= 0.6 is 24.8 Å². The van der Waals surface area contributed by atoms with Crippen LogP contribution in [0.15, 0.2) is 84.9 Å². The molecule has 2 fully saturated rings. The number of nitrogens with zero attached hydrogens (tertiary/aromatic N) is 2. The summed E-state index contributed by atoms with van der Waals surface area (Å²) in [6.07, 6.45) is 6.10. The van der Waals surface area contributed by atoms with Crippen molar-refractivity contribution >= 4 is 41.7 Å². The molecule has 1 N–H and O–H groups in total. The highest BCUT2D eigenvalue weighted by atomic mass is 35.5. The van der Waals surface area contributed by atoms with Gasteiger partial charge in [0.05, 0.1) is 17.7 Å². The number of halogens is 2. The topological polar surface area (TPSA) is 81.1 Å². The third-order valence-corrected chi connectivity index (χ3v) is 9.10. The molecule has 1 spiro atoms. The predicted molar refractivity (Wildman–Crippen MR) is 185 cm³/mol. The summed E-state index contributed by atoms with van der Waals surface area (Å²) in [4.78, 5) is 18.0. The minimum absolute atomic E-state index is 0. The standard InChI is InChI=1S/C37H42N2O5.2ClH/c40-36(41)16-11-28-9-13-33(14-10-28)43-27-31-7-5-30(6-8-31)26-39-21-19-37(20-22-39)25-29(18-24-44-37)17-23-42-35-15-12-32-3-1-2-4-34(32)38-35;;/h1-10,12-15,29H,11,16-27H2,(H,40,41);2*1H. The van der Waals surface area contributed by atoms with E-state index in [1.54, 1.807) is 0 Å². The van der Waals surface area contributed by atoms with Crippen LogP contribution < -0.4 is 9.47 Å². The Bertz CT molecular complexity index is 1530. The molecule has 0 aliphatic carbocycles. The van der Waals surface area contributed by atoms with E-state index in [0.717, 1.165) is 86.1 Å². The van der Waals surface area contributed by atoms with E-state index >= 15 is 0 Å². The summed E-state index contributed by atoms with van der Waals surface area (Å²) < 4.78 is 18.4. The maximum Gasteiger partial charge on any atom is 0.303 e.